The summed E-state index contributed by atoms with van der Waals surface area (Å²) in [6.45, 7) is 2.03. The van der Waals surface area contributed by atoms with Crippen LogP contribution in [0.3, 0.4) is 0 Å². The molecule has 21 heavy (non-hydrogen) atoms. The van der Waals surface area contributed by atoms with Gasteiger partial charge >= 0.3 is 0 Å². The van der Waals surface area contributed by atoms with Crippen molar-refractivity contribution >= 4 is 5.91 Å². The Kier molecular flexibility index (Phi) is 4.44. The molecule has 114 valence electrons. The fourth-order valence-corrected chi connectivity index (χ4v) is 3.50. The molecule has 3 rings (SSSR count). The molecule has 2 aliphatic heterocycles. The average Bonchev–Trinajstić information content (AvgIpc) is 2.54. The predicted octanol–water partition coefficient (Wildman–Crippen LogP) is 1.97. The Morgan fingerprint density at radius 1 is 1.33 bits per heavy atom. The number of carbonyl (C=O) groups excluding carboxylic acids is 1. The van der Waals surface area contributed by atoms with Gasteiger partial charge in [-0.05, 0) is 50.3 Å². The van der Waals surface area contributed by atoms with E-state index in [0.717, 1.165) is 43.5 Å². The van der Waals surface area contributed by atoms with Gasteiger partial charge in [-0.15, -0.1) is 0 Å². The lowest BCUT2D eigenvalue weighted by molar-refractivity contribution is -0.140. The van der Waals surface area contributed by atoms with Crippen LogP contribution in [-0.4, -0.2) is 36.5 Å². The van der Waals surface area contributed by atoms with E-state index in [4.69, 9.17) is 10.5 Å². The smallest absolute Gasteiger partial charge is 0.229 e. The van der Waals surface area contributed by atoms with E-state index in [0.29, 0.717) is 19.2 Å². The fraction of sp³-hybridized carbons (Fsp3) is 0.588. The third kappa shape index (κ3) is 3.05. The molecule has 2 aliphatic rings. The number of hydrogen-bond donors (Lipinski definition) is 1. The summed E-state index contributed by atoms with van der Waals surface area (Å²) in [5, 5.41) is 0. The standard InChI is InChI=1S/C17H24N2O2/c18-9-8-15-6-3-4-10-19(15)17(20)14-11-13-5-1-2-7-16(13)21-12-14/h1-2,5,7,14-15H,3-4,6,8-12,18H2. The monoisotopic (exact) mass is 288 g/mol. The Hall–Kier alpha value is -1.55. The molecule has 0 spiro atoms. The predicted molar refractivity (Wildman–Crippen MR) is 82.2 cm³/mol. The molecule has 0 aromatic heterocycles. The molecular weight excluding hydrogens is 264 g/mol. The van der Waals surface area contributed by atoms with Gasteiger partial charge in [0.25, 0.3) is 0 Å². The van der Waals surface area contributed by atoms with Crippen molar-refractivity contribution < 1.29 is 9.53 Å². The van der Waals surface area contributed by atoms with Gasteiger partial charge in [-0.3, -0.25) is 4.79 Å². The minimum absolute atomic E-state index is 0.0433. The van der Waals surface area contributed by atoms with E-state index < -0.39 is 0 Å². The summed E-state index contributed by atoms with van der Waals surface area (Å²) >= 11 is 0. The first-order valence-electron chi connectivity index (χ1n) is 8.01. The first-order chi connectivity index (χ1) is 10.3. The largest absolute Gasteiger partial charge is 0.492 e. The van der Waals surface area contributed by atoms with Crippen molar-refractivity contribution in [1.82, 2.24) is 4.90 Å². The number of likely N-dealkylation sites (tertiary alicyclic amines) is 1. The zero-order valence-electron chi connectivity index (χ0n) is 12.5. The van der Waals surface area contributed by atoms with E-state index in [9.17, 15) is 4.79 Å². The Morgan fingerprint density at radius 2 is 2.19 bits per heavy atom. The lowest BCUT2D eigenvalue weighted by Gasteiger charge is -2.38. The second-order valence-electron chi connectivity index (χ2n) is 6.08. The quantitative estimate of drug-likeness (QED) is 0.925. The summed E-state index contributed by atoms with van der Waals surface area (Å²) < 4.78 is 5.77. The van der Waals surface area contributed by atoms with Crippen molar-refractivity contribution in [3.63, 3.8) is 0 Å². The Bertz CT molecular complexity index is 501. The SMILES string of the molecule is NCCC1CCCCN1C(=O)C1COc2ccccc2C1. The van der Waals surface area contributed by atoms with Crippen LogP contribution in [0.15, 0.2) is 24.3 Å². The molecule has 0 saturated carbocycles. The summed E-state index contributed by atoms with van der Waals surface area (Å²) in [5.41, 5.74) is 6.85. The summed E-state index contributed by atoms with van der Waals surface area (Å²) in [6, 6.07) is 8.35. The molecule has 0 aliphatic carbocycles. The normalized spacial score (nSPS) is 25.1. The van der Waals surface area contributed by atoms with Gasteiger partial charge in [0, 0.05) is 12.6 Å². The van der Waals surface area contributed by atoms with E-state index in [1.54, 1.807) is 0 Å². The van der Waals surface area contributed by atoms with Gasteiger partial charge in [0.15, 0.2) is 0 Å². The van der Waals surface area contributed by atoms with Crippen LogP contribution in [0.25, 0.3) is 0 Å². The zero-order chi connectivity index (χ0) is 14.7. The van der Waals surface area contributed by atoms with E-state index >= 15 is 0 Å². The molecule has 2 atom stereocenters. The minimum Gasteiger partial charge on any atom is -0.492 e. The molecule has 0 bridgehead atoms. The van der Waals surface area contributed by atoms with E-state index in [1.807, 2.05) is 18.2 Å². The summed E-state index contributed by atoms with van der Waals surface area (Å²) in [6.07, 6.45) is 5.11. The molecule has 1 aromatic rings. The van der Waals surface area contributed by atoms with Gasteiger partial charge in [0.05, 0.1) is 5.92 Å². The van der Waals surface area contributed by atoms with Crippen LogP contribution in [0.5, 0.6) is 5.75 Å². The van der Waals surface area contributed by atoms with E-state index in [2.05, 4.69) is 11.0 Å². The van der Waals surface area contributed by atoms with Crippen LogP contribution in [0.4, 0.5) is 0 Å². The molecule has 2 N–H and O–H groups in total. The topological polar surface area (TPSA) is 55.6 Å². The number of carbonyl (C=O) groups is 1. The number of benzene rings is 1. The molecule has 1 saturated heterocycles. The van der Waals surface area contributed by atoms with Crippen LogP contribution in [0, 0.1) is 5.92 Å². The molecule has 1 amide bonds. The van der Waals surface area contributed by atoms with Gasteiger partial charge < -0.3 is 15.4 Å². The zero-order valence-corrected chi connectivity index (χ0v) is 12.5. The maximum absolute atomic E-state index is 12.9. The van der Waals surface area contributed by atoms with Crippen molar-refractivity contribution in [3.8, 4) is 5.75 Å². The molecule has 2 heterocycles. The number of amides is 1. The number of nitrogens with zero attached hydrogens (tertiary/aromatic N) is 1. The highest BCUT2D eigenvalue weighted by atomic mass is 16.5. The van der Waals surface area contributed by atoms with Crippen LogP contribution >= 0.6 is 0 Å². The first kappa shape index (κ1) is 14.4. The number of hydrogen-bond acceptors (Lipinski definition) is 3. The highest BCUT2D eigenvalue weighted by molar-refractivity contribution is 5.80. The van der Waals surface area contributed by atoms with Crippen molar-refractivity contribution in [2.24, 2.45) is 11.7 Å². The molecule has 1 aromatic carbocycles. The van der Waals surface area contributed by atoms with Gasteiger partial charge in [-0.25, -0.2) is 0 Å². The number of ether oxygens (including phenoxy) is 1. The maximum atomic E-state index is 12.9. The molecule has 4 nitrogen and oxygen atoms in total. The molecule has 0 radical (unpaired) electrons. The van der Waals surface area contributed by atoms with Crippen LogP contribution in [0.2, 0.25) is 0 Å². The number of para-hydroxylation sites is 1. The third-order valence-electron chi connectivity index (χ3n) is 4.64. The minimum atomic E-state index is -0.0433. The highest BCUT2D eigenvalue weighted by Gasteiger charge is 2.33. The lowest BCUT2D eigenvalue weighted by Crippen LogP contribution is -2.49. The fourth-order valence-electron chi connectivity index (χ4n) is 3.50. The van der Waals surface area contributed by atoms with Gasteiger partial charge in [0.2, 0.25) is 5.91 Å². The third-order valence-corrected chi connectivity index (χ3v) is 4.64. The van der Waals surface area contributed by atoms with Crippen molar-refractivity contribution in [1.29, 1.82) is 0 Å². The summed E-state index contributed by atoms with van der Waals surface area (Å²) in [5.74, 6) is 1.14. The molecular formula is C17H24N2O2. The highest BCUT2D eigenvalue weighted by Crippen LogP contribution is 2.29. The van der Waals surface area contributed by atoms with Crippen LogP contribution in [0.1, 0.15) is 31.2 Å². The molecule has 4 heteroatoms. The average molecular weight is 288 g/mol. The molecule has 2 unspecified atom stereocenters. The Morgan fingerprint density at radius 3 is 3.05 bits per heavy atom. The van der Waals surface area contributed by atoms with Crippen LogP contribution < -0.4 is 10.5 Å². The number of piperidine rings is 1. The van der Waals surface area contributed by atoms with Crippen LogP contribution in [-0.2, 0) is 11.2 Å². The lowest BCUT2D eigenvalue weighted by atomic mass is 9.92. The summed E-state index contributed by atoms with van der Waals surface area (Å²) in [4.78, 5) is 14.9. The molecule has 1 fully saturated rings. The van der Waals surface area contributed by atoms with Gasteiger partial charge in [0.1, 0.15) is 12.4 Å². The Balaban J connectivity index is 1.70. The Labute approximate surface area is 126 Å². The van der Waals surface area contributed by atoms with E-state index in [-0.39, 0.29) is 11.8 Å². The second-order valence-corrected chi connectivity index (χ2v) is 6.08. The number of rotatable bonds is 3. The maximum Gasteiger partial charge on any atom is 0.229 e. The second kappa shape index (κ2) is 6.48. The van der Waals surface area contributed by atoms with Crippen molar-refractivity contribution in [2.45, 2.75) is 38.1 Å². The van der Waals surface area contributed by atoms with Gasteiger partial charge in [-0.2, -0.15) is 0 Å². The van der Waals surface area contributed by atoms with E-state index in [1.165, 1.54) is 6.42 Å². The number of nitrogens with two attached hydrogens (primary N) is 1. The number of fused-ring (bicyclic) bond motifs is 1. The van der Waals surface area contributed by atoms with Crippen molar-refractivity contribution in [2.75, 3.05) is 19.7 Å². The first-order valence-corrected chi connectivity index (χ1v) is 8.01. The summed E-state index contributed by atoms with van der Waals surface area (Å²) in [7, 11) is 0. The van der Waals surface area contributed by atoms with Crippen molar-refractivity contribution in [3.05, 3.63) is 29.8 Å². The van der Waals surface area contributed by atoms with Gasteiger partial charge in [-0.1, -0.05) is 18.2 Å².